The molecule has 2 rings (SSSR count). The Bertz CT molecular complexity index is 690. The summed E-state index contributed by atoms with van der Waals surface area (Å²) in [5, 5.41) is 13.6. The number of fused-ring (bicyclic) bond motifs is 1. The molecule has 23 heavy (non-hydrogen) atoms. The number of carbonyl (C=O) groups is 1. The fourth-order valence-corrected chi connectivity index (χ4v) is 2.37. The lowest BCUT2D eigenvalue weighted by atomic mass is 10.1. The van der Waals surface area contributed by atoms with Gasteiger partial charge in [-0.05, 0) is 25.0 Å². The summed E-state index contributed by atoms with van der Waals surface area (Å²) in [7, 11) is 0. The van der Waals surface area contributed by atoms with E-state index in [1.165, 1.54) is 0 Å². The van der Waals surface area contributed by atoms with Gasteiger partial charge in [-0.25, -0.2) is 4.79 Å². The number of ether oxygens (including phenoxy) is 1. The Labute approximate surface area is 134 Å². The van der Waals surface area contributed by atoms with E-state index in [1.807, 2.05) is 25.1 Å². The molecule has 0 fully saturated rings. The topological polar surface area (TPSA) is 110 Å². The minimum absolute atomic E-state index is 0.0106. The number of aromatic nitrogens is 2. The van der Waals surface area contributed by atoms with E-state index >= 15 is 0 Å². The normalized spacial score (nSPS) is 12.1. The summed E-state index contributed by atoms with van der Waals surface area (Å²) in [6, 6.07) is 5.46. The lowest BCUT2D eigenvalue weighted by Crippen LogP contribution is -2.25. The van der Waals surface area contributed by atoms with Crippen LogP contribution in [0.25, 0.3) is 10.9 Å². The van der Waals surface area contributed by atoms with Crippen molar-refractivity contribution in [1.82, 2.24) is 9.97 Å². The first-order chi connectivity index (χ1) is 11.0. The molecule has 0 bridgehead atoms. The standard InChI is InChI=1S/C16H22N4O3/c1-3-4-7-11(9-21)18-14-12-8-5-6-10(2)13(12)19-16(20-14)23-15(17)22/h5-6,8,11,21H,3-4,7,9H2,1-2H3,(H2,17,22)(H,18,19,20)/t11-/m1/s1. The van der Waals surface area contributed by atoms with Crippen molar-refractivity contribution >= 4 is 22.8 Å². The molecule has 1 aromatic heterocycles. The van der Waals surface area contributed by atoms with Gasteiger partial charge in [0.2, 0.25) is 0 Å². The number of aliphatic hydroxyl groups excluding tert-OH is 1. The highest BCUT2D eigenvalue weighted by atomic mass is 16.6. The molecule has 0 spiro atoms. The van der Waals surface area contributed by atoms with Crippen molar-refractivity contribution in [2.24, 2.45) is 5.73 Å². The van der Waals surface area contributed by atoms with Crippen LogP contribution in [0.1, 0.15) is 31.7 Å². The number of primary amides is 1. The number of benzene rings is 1. The first-order valence-corrected chi connectivity index (χ1v) is 7.67. The van der Waals surface area contributed by atoms with Crippen LogP contribution in [0.5, 0.6) is 6.01 Å². The molecule has 0 aliphatic carbocycles. The monoisotopic (exact) mass is 318 g/mol. The number of hydrogen-bond acceptors (Lipinski definition) is 6. The molecule has 7 heteroatoms. The Morgan fingerprint density at radius 2 is 2.22 bits per heavy atom. The van der Waals surface area contributed by atoms with Crippen LogP contribution in [0.3, 0.4) is 0 Å². The number of nitrogens with one attached hydrogen (secondary N) is 1. The molecule has 0 aliphatic heterocycles. The first-order valence-electron chi connectivity index (χ1n) is 7.67. The fourth-order valence-electron chi connectivity index (χ4n) is 2.37. The number of rotatable bonds is 7. The molecule has 0 saturated heterocycles. The number of nitrogens with two attached hydrogens (primary N) is 1. The van der Waals surface area contributed by atoms with E-state index in [0.717, 1.165) is 30.2 Å². The molecule has 1 heterocycles. The molecule has 1 atom stereocenters. The third-order valence-corrected chi connectivity index (χ3v) is 3.57. The highest BCUT2D eigenvalue weighted by Crippen LogP contribution is 2.26. The molecule has 1 amide bonds. The highest BCUT2D eigenvalue weighted by molar-refractivity contribution is 5.91. The molecule has 0 aliphatic rings. The average Bonchev–Trinajstić information content (AvgIpc) is 2.51. The summed E-state index contributed by atoms with van der Waals surface area (Å²) in [5.41, 5.74) is 6.65. The van der Waals surface area contributed by atoms with E-state index in [2.05, 4.69) is 22.2 Å². The Kier molecular flexibility index (Phi) is 5.70. The van der Waals surface area contributed by atoms with Crippen LogP contribution >= 0.6 is 0 Å². The van der Waals surface area contributed by atoms with Crippen LogP contribution in [0, 0.1) is 6.92 Å². The molecule has 0 radical (unpaired) electrons. The predicted molar refractivity (Wildman–Crippen MR) is 88.5 cm³/mol. The number of amides is 1. The van der Waals surface area contributed by atoms with Gasteiger partial charge in [0.1, 0.15) is 5.82 Å². The number of anilines is 1. The summed E-state index contributed by atoms with van der Waals surface area (Å²) in [6.07, 6.45) is 1.88. The van der Waals surface area contributed by atoms with Crippen molar-refractivity contribution in [3.8, 4) is 6.01 Å². The molecule has 4 N–H and O–H groups in total. The van der Waals surface area contributed by atoms with Gasteiger partial charge in [-0.3, -0.25) is 0 Å². The second-order valence-electron chi connectivity index (χ2n) is 5.41. The number of aliphatic hydroxyl groups is 1. The molecule has 1 aromatic carbocycles. The minimum Gasteiger partial charge on any atom is -0.394 e. The maximum atomic E-state index is 11.0. The number of hydrogen-bond donors (Lipinski definition) is 3. The van der Waals surface area contributed by atoms with Crippen LogP contribution in [0.2, 0.25) is 0 Å². The summed E-state index contributed by atoms with van der Waals surface area (Å²) in [4.78, 5) is 19.4. The maximum Gasteiger partial charge on any atom is 0.412 e. The van der Waals surface area contributed by atoms with Crippen molar-refractivity contribution in [3.63, 3.8) is 0 Å². The summed E-state index contributed by atoms with van der Waals surface area (Å²) in [6.45, 7) is 3.99. The lowest BCUT2D eigenvalue weighted by molar-refractivity contribution is 0.207. The van der Waals surface area contributed by atoms with Crippen LogP contribution < -0.4 is 15.8 Å². The van der Waals surface area contributed by atoms with Crippen LogP contribution in [-0.2, 0) is 0 Å². The van der Waals surface area contributed by atoms with Gasteiger partial charge in [0.25, 0.3) is 0 Å². The van der Waals surface area contributed by atoms with E-state index in [-0.39, 0.29) is 18.7 Å². The first kappa shape index (κ1) is 17.0. The minimum atomic E-state index is -0.964. The van der Waals surface area contributed by atoms with E-state index < -0.39 is 6.09 Å². The van der Waals surface area contributed by atoms with Crippen molar-refractivity contribution in [2.75, 3.05) is 11.9 Å². The summed E-state index contributed by atoms with van der Waals surface area (Å²) in [5.74, 6) is 0.519. The highest BCUT2D eigenvalue weighted by Gasteiger charge is 2.15. The molecule has 0 unspecified atom stereocenters. The molecule has 2 aromatic rings. The van der Waals surface area contributed by atoms with Crippen LogP contribution in [-0.4, -0.2) is 33.8 Å². The van der Waals surface area contributed by atoms with Crippen molar-refractivity contribution in [2.45, 2.75) is 39.2 Å². The van der Waals surface area contributed by atoms with E-state index in [4.69, 9.17) is 10.5 Å². The summed E-state index contributed by atoms with van der Waals surface area (Å²) < 4.78 is 4.83. The molecule has 7 nitrogen and oxygen atoms in total. The van der Waals surface area contributed by atoms with Gasteiger partial charge in [0, 0.05) is 5.39 Å². The second kappa shape index (κ2) is 7.73. The molecular weight excluding hydrogens is 296 g/mol. The predicted octanol–water partition coefficient (Wildman–Crippen LogP) is 2.36. The zero-order valence-corrected chi connectivity index (χ0v) is 13.4. The fraction of sp³-hybridized carbons (Fsp3) is 0.438. The van der Waals surface area contributed by atoms with Crippen molar-refractivity contribution in [1.29, 1.82) is 0 Å². The van der Waals surface area contributed by atoms with Crippen molar-refractivity contribution < 1.29 is 14.6 Å². The summed E-state index contributed by atoms with van der Waals surface area (Å²) >= 11 is 0. The Hall–Kier alpha value is -2.41. The average molecular weight is 318 g/mol. The maximum absolute atomic E-state index is 11.0. The molecule has 124 valence electrons. The zero-order chi connectivity index (χ0) is 16.8. The molecular formula is C16H22N4O3. The van der Waals surface area contributed by atoms with Gasteiger partial charge >= 0.3 is 12.1 Å². The van der Waals surface area contributed by atoms with E-state index in [0.29, 0.717) is 11.3 Å². The number of para-hydroxylation sites is 1. The third-order valence-electron chi connectivity index (χ3n) is 3.57. The Morgan fingerprint density at radius 1 is 1.43 bits per heavy atom. The third kappa shape index (κ3) is 4.29. The van der Waals surface area contributed by atoms with Gasteiger partial charge in [-0.15, -0.1) is 0 Å². The zero-order valence-electron chi connectivity index (χ0n) is 13.4. The number of aryl methyl sites for hydroxylation is 1. The van der Waals surface area contributed by atoms with E-state index in [9.17, 15) is 9.90 Å². The van der Waals surface area contributed by atoms with Crippen LogP contribution in [0.4, 0.5) is 10.6 Å². The Morgan fingerprint density at radius 3 is 2.87 bits per heavy atom. The van der Waals surface area contributed by atoms with Gasteiger partial charge in [-0.1, -0.05) is 31.9 Å². The van der Waals surface area contributed by atoms with Gasteiger partial charge < -0.3 is 20.9 Å². The van der Waals surface area contributed by atoms with Crippen LogP contribution in [0.15, 0.2) is 18.2 Å². The largest absolute Gasteiger partial charge is 0.412 e. The van der Waals surface area contributed by atoms with Crippen molar-refractivity contribution in [3.05, 3.63) is 23.8 Å². The SMILES string of the molecule is CCCC[C@H](CO)Nc1nc(OC(N)=O)nc2c(C)cccc12. The number of carbonyl (C=O) groups excluding carboxylic acids is 1. The molecule has 0 saturated carbocycles. The number of unbranched alkanes of at least 4 members (excludes halogenated alkanes) is 1. The lowest BCUT2D eigenvalue weighted by Gasteiger charge is -2.18. The number of nitrogens with zero attached hydrogens (tertiary/aromatic N) is 2. The smallest absolute Gasteiger partial charge is 0.394 e. The van der Waals surface area contributed by atoms with E-state index in [1.54, 1.807) is 0 Å². The van der Waals surface area contributed by atoms with Gasteiger partial charge in [0.15, 0.2) is 0 Å². The Balaban J connectivity index is 2.42. The second-order valence-corrected chi connectivity index (χ2v) is 5.41. The van der Waals surface area contributed by atoms with Gasteiger partial charge in [0.05, 0.1) is 18.2 Å². The quantitative estimate of drug-likeness (QED) is 0.723. The van der Waals surface area contributed by atoms with Gasteiger partial charge in [-0.2, -0.15) is 9.97 Å².